The van der Waals surface area contributed by atoms with Crippen molar-refractivity contribution >= 4 is 11.7 Å². The summed E-state index contributed by atoms with van der Waals surface area (Å²) >= 11 is 0. The number of nitrogens with one attached hydrogen (secondary N) is 1. The smallest absolute Gasteiger partial charge is 0.239 e. The molecule has 6 nitrogen and oxygen atoms in total. The zero-order valence-corrected chi connectivity index (χ0v) is 9.67. The highest BCUT2D eigenvalue weighted by Gasteiger charge is 2.18. The van der Waals surface area contributed by atoms with Crippen LogP contribution in [0.1, 0.15) is 0 Å². The van der Waals surface area contributed by atoms with Gasteiger partial charge in [0.1, 0.15) is 12.1 Å². The summed E-state index contributed by atoms with van der Waals surface area (Å²) in [7, 11) is 0. The standard InChI is InChI=1S/C12H12N4O2/c17-12-6-16(3-2-13-12)11-5-10(14-8-15-11)9-1-4-18-7-9/h1,4-5,7-8H,2-3,6H2,(H,13,17). The first-order chi connectivity index (χ1) is 8.83. The first kappa shape index (κ1) is 10.8. The first-order valence-electron chi connectivity index (χ1n) is 5.69. The summed E-state index contributed by atoms with van der Waals surface area (Å²) in [6.07, 6.45) is 4.74. The van der Waals surface area contributed by atoms with Crippen LogP contribution in [0.25, 0.3) is 11.3 Å². The summed E-state index contributed by atoms with van der Waals surface area (Å²) in [5.74, 6) is 0.778. The molecule has 2 aromatic rings. The number of nitrogens with zero attached hydrogens (tertiary/aromatic N) is 3. The van der Waals surface area contributed by atoms with Crippen molar-refractivity contribution in [2.75, 3.05) is 24.5 Å². The molecule has 92 valence electrons. The molecule has 1 fully saturated rings. The number of anilines is 1. The van der Waals surface area contributed by atoms with Gasteiger partial charge in [-0.25, -0.2) is 9.97 Å². The van der Waals surface area contributed by atoms with E-state index in [2.05, 4.69) is 15.3 Å². The normalized spacial score (nSPS) is 15.6. The van der Waals surface area contributed by atoms with Crippen molar-refractivity contribution in [3.8, 4) is 11.3 Å². The molecule has 3 rings (SSSR count). The summed E-state index contributed by atoms with van der Waals surface area (Å²) in [5.41, 5.74) is 1.69. The van der Waals surface area contributed by atoms with Crippen molar-refractivity contribution < 1.29 is 9.21 Å². The van der Waals surface area contributed by atoms with E-state index in [0.29, 0.717) is 13.1 Å². The Hall–Kier alpha value is -2.37. The fourth-order valence-electron chi connectivity index (χ4n) is 1.92. The third-order valence-electron chi connectivity index (χ3n) is 2.83. The van der Waals surface area contributed by atoms with E-state index in [9.17, 15) is 4.79 Å². The summed E-state index contributed by atoms with van der Waals surface area (Å²) in [6, 6.07) is 3.71. The molecule has 1 N–H and O–H groups in total. The molecule has 0 saturated carbocycles. The topological polar surface area (TPSA) is 71.3 Å². The van der Waals surface area contributed by atoms with Crippen molar-refractivity contribution in [2.45, 2.75) is 0 Å². The summed E-state index contributed by atoms with van der Waals surface area (Å²) in [5, 5.41) is 2.78. The Balaban J connectivity index is 1.89. The van der Waals surface area contributed by atoms with Crippen LogP contribution >= 0.6 is 0 Å². The molecule has 1 saturated heterocycles. The van der Waals surface area contributed by atoms with Crippen molar-refractivity contribution in [3.63, 3.8) is 0 Å². The van der Waals surface area contributed by atoms with Gasteiger partial charge in [0.15, 0.2) is 0 Å². The highest BCUT2D eigenvalue weighted by atomic mass is 16.3. The van der Waals surface area contributed by atoms with E-state index in [1.54, 1.807) is 12.5 Å². The van der Waals surface area contributed by atoms with Crippen molar-refractivity contribution in [1.82, 2.24) is 15.3 Å². The van der Waals surface area contributed by atoms with Gasteiger partial charge < -0.3 is 14.6 Å². The van der Waals surface area contributed by atoms with Crippen LogP contribution in [0.5, 0.6) is 0 Å². The number of rotatable bonds is 2. The molecule has 6 heteroatoms. The molecule has 0 unspecified atom stereocenters. The minimum Gasteiger partial charge on any atom is -0.472 e. The number of amides is 1. The molecule has 0 bridgehead atoms. The van der Waals surface area contributed by atoms with E-state index in [4.69, 9.17) is 4.42 Å². The van der Waals surface area contributed by atoms with E-state index in [1.807, 2.05) is 17.0 Å². The van der Waals surface area contributed by atoms with E-state index < -0.39 is 0 Å². The van der Waals surface area contributed by atoms with Gasteiger partial charge in [0.05, 0.1) is 24.8 Å². The fourth-order valence-corrected chi connectivity index (χ4v) is 1.92. The maximum Gasteiger partial charge on any atom is 0.239 e. The molecule has 0 aromatic carbocycles. The number of carbonyl (C=O) groups is 1. The zero-order chi connectivity index (χ0) is 12.4. The Labute approximate surface area is 104 Å². The molecule has 18 heavy (non-hydrogen) atoms. The van der Waals surface area contributed by atoms with Crippen LogP contribution in [0.4, 0.5) is 5.82 Å². The van der Waals surface area contributed by atoms with Gasteiger partial charge in [-0.2, -0.15) is 0 Å². The van der Waals surface area contributed by atoms with Crippen LogP contribution in [0.3, 0.4) is 0 Å². The predicted octanol–water partition coefficient (Wildman–Crippen LogP) is 0.673. The number of aromatic nitrogens is 2. The van der Waals surface area contributed by atoms with E-state index in [-0.39, 0.29) is 5.91 Å². The molecule has 1 amide bonds. The molecule has 0 radical (unpaired) electrons. The lowest BCUT2D eigenvalue weighted by atomic mass is 10.2. The average Bonchev–Trinajstić information content (AvgIpc) is 2.93. The van der Waals surface area contributed by atoms with Gasteiger partial charge in [0.25, 0.3) is 0 Å². The Morgan fingerprint density at radius 2 is 2.33 bits per heavy atom. The quantitative estimate of drug-likeness (QED) is 0.840. The van der Waals surface area contributed by atoms with Gasteiger partial charge in [0, 0.05) is 24.7 Å². The van der Waals surface area contributed by atoms with Gasteiger partial charge in [-0.1, -0.05) is 0 Å². The minimum absolute atomic E-state index is 0.0183. The molecule has 0 spiro atoms. The summed E-state index contributed by atoms with van der Waals surface area (Å²) < 4.78 is 5.03. The molecule has 0 aliphatic carbocycles. The third-order valence-corrected chi connectivity index (χ3v) is 2.83. The van der Waals surface area contributed by atoms with E-state index in [0.717, 1.165) is 23.6 Å². The Morgan fingerprint density at radius 1 is 1.39 bits per heavy atom. The molecule has 1 aliphatic heterocycles. The molecular formula is C12H12N4O2. The van der Waals surface area contributed by atoms with Gasteiger partial charge >= 0.3 is 0 Å². The third kappa shape index (κ3) is 2.04. The maximum absolute atomic E-state index is 11.3. The summed E-state index contributed by atoms with van der Waals surface area (Å²) in [4.78, 5) is 21.7. The van der Waals surface area contributed by atoms with Crippen LogP contribution in [0.2, 0.25) is 0 Å². The van der Waals surface area contributed by atoms with Gasteiger partial charge in [-0.05, 0) is 6.07 Å². The maximum atomic E-state index is 11.3. The van der Waals surface area contributed by atoms with Crippen molar-refractivity contribution in [2.24, 2.45) is 0 Å². The molecule has 3 heterocycles. The van der Waals surface area contributed by atoms with Crippen LogP contribution in [0, 0.1) is 0 Å². The highest BCUT2D eigenvalue weighted by Crippen LogP contribution is 2.21. The molecule has 2 aromatic heterocycles. The predicted molar refractivity (Wildman–Crippen MR) is 65.0 cm³/mol. The van der Waals surface area contributed by atoms with E-state index >= 15 is 0 Å². The number of carbonyl (C=O) groups excluding carboxylic acids is 1. The number of hydrogen-bond acceptors (Lipinski definition) is 5. The van der Waals surface area contributed by atoms with Crippen LogP contribution in [-0.4, -0.2) is 35.5 Å². The lowest BCUT2D eigenvalue weighted by Gasteiger charge is -2.27. The van der Waals surface area contributed by atoms with Gasteiger partial charge in [-0.15, -0.1) is 0 Å². The molecule has 0 atom stereocenters. The minimum atomic E-state index is 0.0183. The molecular weight excluding hydrogens is 232 g/mol. The highest BCUT2D eigenvalue weighted by molar-refractivity contribution is 5.82. The second-order valence-corrected chi connectivity index (χ2v) is 4.04. The monoisotopic (exact) mass is 244 g/mol. The Morgan fingerprint density at radius 3 is 3.11 bits per heavy atom. The zero-order valence-electron chi connectivity index (χ0n) is 9.67. The lowest BCUT2D eigenvalue weighted by molar-refractivity contribution is -0.120. The second-order valence-electron chi connectivity index (χ2n) is 4.04. The van der Waals surface area contributed by atoms with Crippen LogP contribution in [-0.2, 0) is 4.79 Å². The Bertz CT molecular complexity index is 553. The van der Waals surface area contributed by atoms with Crippen LogP contribution in [0.15, 0.2) is 35.4 Å². The average molecular weight is 244 g/mol. The SMILES string of the molecule is O=C1CN(c2cc(-c3ccoc3)ncn2)CCN1. The van der Waals surface area contributed by atoms with E-state index in [1.165, 1.54) is 6.33 Å². The van der Waals surface area contributed by atoms with Crippen LogP contribution < -0.4 is 10.2 Å². The van der Waals surface area contributed by atoms with Crippen molar-refractivity contribution in [1.29, 1.82) is 0 Å². The Kier molecular flexibility index (Phi) is 2.68. The summed E-state index contributed by atoms with van der Waals surface area (Å²) in [6.45, 7) is 1.74. The van der Waals surface area contributed by atoms with Crippen molar-refractivity contribution in [3.05, 3.63) is 31.0 Å². The van der Waals surface area contributed by atoms with Gasteiger partial charge in [-0.3, -0.25) is 4.79 Å². The number of hydrogen-bond donors (Lipinski definition) is 1. The number of piperazine rings is 1. The van der Waals surface area contributed by atoms with Gasteiger partial charge in [0.2, 0.25) is 5.91 Å². The second kappa shape index (κ2) is 4.48. The fraction of sp³-hybridized carbons (Fsp3) is 0.250. The largest absolute Gasteiger partial charge is 0.472 e. The lowest BCUT2D eigenvalue weighted by Crippen LogP contribution is -2.48. The first-order valence-corrected chi connectivity index (χ1v) is 5.69. The molecule has 1 aliphatic rings. The number of furan rings is 1.